The number of hydrogen-bond acceptors (Lipinski definition) is 2. The van der Waals surface area contributed by atoms with Gasteiger partial charge >= 0.3 is 0 Å². The van der Waals surface area contributed by atoms with E-state index in [1.807, 2.05) is 0 Å². The van der Waals surface area contributed by atoms with Crippen LogP contribution < -0.4 is 0 Å². The highest BCUT2D eigenvalue weighted by molar-refractivity contribution is 4.92. The molecule has 0 unspecified atom stereocenters. The second-order valence-corrected chi connectivity index (χ2v) is 7.63. The molecule has 0 spiro atoms. The van der Waals surface area contributed by atoms with Crippen molar-refractivity contribution in [2.24, 2.45) is 0 Å². The third-order valence-electron chi connectivity index (χ3n) is 5.05. The lowest BCUT2D eigenvalue weighted by Gasteiger charge is -2.11. The zero-order chi connectivity index (χ0) is 18.0. The lowest BCUT2D eigenvalue weighted by molar-refractivity contribution is 0.0581. The Morgan fingerprint density at radius 3 is 2.12 bits per heavy atom. The van der Waals surface area contributed by atoms with Crippen molar-refractivity contribution < 1.29 is 4.74 Å². The topological polar surface area (TPSA) is 12.5 Å². The van der Waals surface area contributed by atoms with Crippen LogP contribution in [0, 0.1) is 0 Å². The number of ether oxygens (including phenoxy) is 1. The maximum absolute atomic E-state index is 5.94. The van der Waals surface area contributed by atoms with E-state index in [-0.39, 0.29) is 0 Å². The van der Waals surface area contributed by atoms with Crippen molar-refractivity contribution in [2.75, 3.05) is 26.7 Å². The van der Waals surface area contributed by atoms with E-state index >= 15 is 0 Å². The summed E-state index contributed by atoms with van der Waals surface area (Å²) < 4.78 is 5.94. The molecular weight excluding hydrogens is 306 g/mol. The first-order valence-electron chi connectivity index (χ1n) is 10.9. The fourth-order valence-electron chi connectivity index (χ4n) is 3.37. The summed E-state index contributed by atoms with van der Waals surface area (Å²) in [5, 5.41) is 0. The second-order valence-electron chi connectivity index (χ2n) is 7.63. The monoisotopic (exact) mass is 349 g/mol. The largest absolute Gasteiger partial charge is 0.377 e. The van der Waals surface area contributed by atoms with Gasteiger partial charge in [-0.2, -0.15) is 0 Å². The molecule has 2 nitrogen and oxygen atoms in total. The molecule has 1 aliphatic rings. The molecule has 1 rings (SSSR count). The predicted octanol–water partition coefficient (Wildman–Crippen LogP) is 6.52. The zero-order valence-electron chi connectivity index (χ0n) is 17.1. The fourth-order valence-corrected chi connectivity index (χ4v) is 3.37. The van der Waals surface area contributed by atoms with Gasteiger partial charge in [-0.25, -0.2) is 0 Å². The summed E-state index contributed by atoms with van der Waals surface area (Å²) in [5.41, 5.74) is 0. The molecule has 0 aliphatic carbocycles. The summed E-state index contributed by atoms with van der Waals surface area (Å²) in [7, 11) is 2.18. The lowest BCUT2D eigenvalue weighted by atomic mass is 10.1. The van der Waals surface area contributed by atoms with Gasteiger partial charge < -0.3 is 9.64 Å². The Bertz CT molecular complexity index is 337. The summed E-state index contributed by atoms with van der Waals surface area (Å²) in [6.07, 6.45) is 26.8. The molecule has 25 heavy (non-hydrogen) atoms. The van der Waals surface area contributed by atoms with Crippen LogP contribution in [0.4, 0.5) is 0 Å². The van der Waals surface area contributed by atoms with E-state index in [2.05, 4.69) is 43.2 Å². The number of nitrogens with zero attached hydrogens (tertiary/aromatic N) is 1. The number of hydrogen-bond donors (Lipinski definition) is 0. The minimum Gasteiger partial charge on any atom is -0.377 e. The Morgan fingerprint density at radius 1 is 0.840 bits per heavy atom. The van der Waals surface area contributed by atoms with Crippen molar-refractivity contribution in [1.29, 1.82) is 0 Å². The van der Waals surface area contributed by atoms with E-state index in [1.54, 1.807) is 0 Å². The molecule has 0 N–H and O–H groups in total. The van der Waals surface area contributed by atoms with Crippen LogP contribution in [0.2, 0.25) is 0 Å². The van der Waals surface area contributed by atoms with Gasteiger partial charge in [0.05, 0.1) is 6.10 Å². The number of likely N-dealkylation sites (N-methyl/N-ethyl adjacent to an activating group) is 1. The Balaban J connectivity index is 1.74. The molecule has 0 aromatic heterocycles. The van der Waals surface area contributed by atoms with Crippen LogP contribution >= 0.6 is 0 Å². The summed E-state index contributed by atoms with van der Waals surface area (Å²) >= 11 is 0. The molecule has 2 heteroatoms. The highest BCUT2D eigenvalue weighted by atomic mass is 16.5. The van der Waals surface area contributed by atoms with Crippen LogP contribution in [0.5, 0.6) is 0 Å². The van der Waals surface area contributed by atoms with Crippen molar-refractivity contribution >= 4 is 0 Å². The van der Waals surface area contributed by atoms with Crippen molar-refractivity contribution in [3.8, 4) is 0 Å². The fraction of sp³-hybridized carbons (Fsp3) is 0.826. The first-order chi connectivity index (χ1) is 12.3. The molecular formula is C23H43NO. The third-order valence-corrected chi connectivity index (χ3v) is 5.05. The number of allylic oxidation sites excluding steroid dienone is 4. The van der Waals surface area contributed by atoms with E-state index in [4.69, 9.17) is 4.74 Å². The van der Waals surface area contributed by atoms with Gasteiger partial charge in [-0.05, 0) is 52.0 Å². The number of rotatable bonds is 16. The Hall–Kier alpha value is -0.600. The maximum atomic E-state index is 5.94. The zero-order valence-corrected chi connectivity index (χ0v) is 17.1. The minimum atomic E-state index is 0.503. The summed E-state index contributed by atoms with van der Waals surface area (Å²) in [5.74, 6) is 0. The molecule has 1 saturated heterocycles. The van der Waals surface area contributed by atoms with Crippen molar-refractivity contribution in [2.45, 2.75) is 96.5 Å². The van der Waals surface area contributed by atoms with E-state index in [0.717, 1.165) is 19.6 Å². The lowest BCUT2D eigenvalue weighted by Crippen LogP contribution is -2.19. The molecule has 0 saturated carbocycles. The first kappa shape index (κ1) is 22.4. The number of unbranched alkanes of at least 4 members (excludes halogenated alkanes) is 9. The smallest absolute Gasteiger partial charge is 0.0714 e. The molecule has 0 amide bonds. The molecule has 1 fully saturated rings. The number of likely N-dealkylation sites (tertiary alicyclic amines) is 1. The maximum Gasteiger partial charge on any atom is 0.0714 e. The molecule has 1 aliphatic heterocycles. The quantitative estimate of drug-likeness (QED) is 0.232. The van der Waals surface area contributed by atoms with Gasteiger partial charge in [-0.3, -0.25) is 0 Å². The van der Waals surface area contributed by atoms with E-state index < -0.39 is 0 Å². The van der Waals surface area contributed by atoms with Crippen LogP contribution in [0.15, 0.2) is 24.3 Å². The Kier molecular flexibility index (Phi) is 15.1. The molecule has 146 valence electrons. The van der Waals surface area contributed by atoms with Crippen LogP contribution in [-0.2, 0) is 4.74 Å². The van der Waals surface area contributed by atoms with Gasteiger partial charge in [-0.15, -0.1) is 0 Å². The average Bonchev–Trinajstić information content (AvgIpc) is 3.03. The van der Waals surface area contributed by atoms with Gasteiger partial charge in [0.1, 0.15) is 0 Å². The van der Waals surface area contributed by atoms with Crippen LogP contribution in [0.1, 0.15) is 90.4 Å². The van der Waals surface area contributed by atoms with Gasteiger partial charge in [0.25, 0.3) is 0 Å². The highest BCUT2D eigenvalue weighted by Gasteiger charge is 2.19. The average molecular weight is 350 g/mol. The van der Waals surface area contributed by atoms with Crippen LogP contribution in [0.3, 0.4) is 0 Å². The highest BCUT2D eigenvalue weighted by Crippen LogP contribution is 2.12. The molecule has 1 atom stereocenters. The van der Waals surface area contributed by atoms with Gasteiger partial charge in [-0.1, -0.05) is 69.8 Å². The third kappa shape index (κ3) is 14.3. The van der Waals surface area contributed by atoms with Crippen LogP contribution in [0.25, 0.3) is 0 Å². The second kappa shape index (κ2) is 16.8. The molecule has 0 aromatic carbocycles. The standard InChI is InChI=1S/C23H43NO/c1-3-4-5-6-7-8-9-10-11-12-13-14-15-16-17-18-21-25-23-19-20-24(2)22-23/h7-8,10-11,23H,3-6,9,12-22H2,1-2H3/b8-7-,11-10-/t23-/m0/s1. The van der Waals surface area contributed by atoms with E-state index in [9.17, 15) is 0 Å². The van der Waals surface area contributed by atoms with Crippen molar-refractivity contribution in [3.63, 3.8) is 0 Å². The summed E-state index contributed by atoms with van der Waals surface area (Å²) in [6, 6.07) is 0. The van der Waals surface area contributed by atoms with Gasteiger partial charge in [0, 0.05) is 19.7 Å². The summed E-state index contributed by atoms with van der Waals surface area (Å²) in [4.78, 5) is 2.36. The van der Waals surface area contributed by atoms with Crippen LogP contribution in [-0.4, -0.2) is 37.7 Å². The SMILES string of the molecule is CCCCC/C=C\C/C=C\CCCCCCCCO[C@H]1CCN(C)C1. The Labute approximate surface area is 157 Å². The molecule has 0 aromatic rings. The molecule has 0 radical (unpaired) electrons. The van der Waals surface area contributed by atoms with Gasteiger partial charge in [0.2, 0.25) is 0 Å². The normalized spacial score (nSPS) is 18.9. The first-order valence-corrected chi connectivity index (χ1v) is 10.9. The predicted molar refractivity (Wildman–Crippen MR) is 111 cm³/mol. The summed E-state index contributed by atoms with van der Waals surface area (Å²) in [6.45, 7) is 5.56. The van der Waals surface area contributed by atoms with E-state index in [1.165, 1.54) is 83.6 Å². The van der Waals surface area contributed by atoms with Crippen molar-refractivity contribution in [1.82, 2.24) is 4.90 Å². The van der Waals surface area contributed by atoms with Crippen molar-refractivity contribution in [3.05, 3.63) is 24.3 Å². The molecule has 0 bridgehead atoms. The Morgan fingerprint density at radius 2 is 1.48 bits per heavy atom. The van der Waals surface area contributed by atoms with E-state index in [0.29, 0.717) is 6.10 Å². The minimum absolute atomic E-state index is 0.503. The van der Waals surface area contributed by atoms with Gasteiger partial charge in [0.15, 0.2) is 0 Å². The molecule has 1 heterocycles.